The van der Waals surface area contributed by atoms with Gasteiger partial charge in [0, 0.05) is 16.9 Å². The van der Waals surface area contributed by atoms with Crippen molar-refractivity contribution < 1.29 is 4.52 Å². The molecule has 0 saturated heterocycles. The Labute approximate surface area is 113 Å². The molecule has 0 spiro atoms. The quantitative estimate of drug-likeness (QED) is 0.801. The van der Waals surface area contributed by atoms with E-state index in [0.29, 0.717) is 11.7 Å². The fourth-order valence-electron chi connectivity index (χ4n) is 1.39. The van der Waals surface area contributed by atoms with Crippen molar-refractivity contribution in [2.45, 2.75) is 25.1 Å². The zero-order valence-electron chi connectivity index (χ0n) is 9.23. The monoisotopic (exact) mass is 315 g/mol. The first-order valence-electron chi connectivity index (χ1n) is 5.29. The summed E-state index contributed by atoms with van der Waals surface area (Å²) in [6.45, 7) is 2.06. The first-order chi connectivity index (χ1) is 8.20. The molecule has 6 heteroatoms. The van der Waals surface area contributed by atoms with Crippen LogP contribution in [0.3, 0.4) is 0 Å². The van der Waals surface area contributed by atoms with Crippen LogP contribution in [0.1, 0.15) is 31.0 Å². The molecule has 0 amide bonds. The van der Waals surface area contributed by atoms with Crippen molar-refractivity contribution in [1.29, 1.82) is 0 Å². The van der Waals surface area contributed by atoms with Crippen molar-refractivity contribution in [2.75, 3.05) is 0 Å². The van der Waals surface area contributed by atoms with E-state index >= 15 is 0 Å². The van der Waals surface area contributed by atoms with Gasteiger partial charge in [-0.15, -0.1) is 11.6 Å². The number of pyridine rings is 1. The number of alkyl halides is 1. The van der Waals surface area contributed by atoms with Crippen LogP contribution in [0.15, 0.2) is 27.5 Å². The Morgan fingerprint density at radius 3 is 3.00 bits per heavy atom. The van der Waals surface area contributed by atoms with Gasteiger partial charge in [-0.1, -0.05) is 18.5 Å². The minimum atomic E-state index is -0.197. The standard InChI is InChI=1S/C11H11BrClN3O/c1-2-3-9(13)10-15-11(17-16-10)7-4-8(12)6-14-5-7/h4-6,9H,2-3H2,1H3. The Hall–Kier alpha value is -0.940. The molecular weight excluding hydrogens is 305 g/mol. The third kappa shape index (κ3) is 3.04. The van der Waals surface area contributed by atoms with Crippen LogP contribution >= 0.6 is 27.5 Å². The first kappa shape index (κ1) is 12.5. The zero-order valence-corrected chi connectivity index (χ0v) is 11.6. The summed E-state index contributed by atoms with van der Waals surface area (Å²) in [6.07, 6.45) is 5.18. The van der Waals surface area contributed by atoms with Gasteiger partial charge in [0.1, 0.15) is 0 Å². The smallest absolute Gasteiger partial charge is 0.259 e. The Balaban J connectivity index is 2.23. The zero-order chi connectivity index (χ0) is 12.3. The lowest BCUT2D eigenvalue weighted by molar-refractivity contribution is 0.420. The van der Waals surface area contributed by atoms with Crippen LogP contribution in [-0.2, 0) is 0 Å². The molecule has 2 rings (SSSR count). The van der Waals surface area contributed by atoms with Gasteiger partial charge < -0.3 is 4.52 Å². The Bertz CT molecular complexity index is 503. The third-order valence-electron chi connectivity index (χ3n) is 2.22. The van der Waals surface area contributed by atoms with Crippen LogP contribution in [0, 0.1) is 0 Å². The number of nitrogens with zero attached hydrogens (tertiary/aromatic N) is 3. The number of halogens is 2. The van der Waals surface area contributed by atoms with Gasteiger partial charge >= 0.3 is 0 Å². The number of hydrogen-bond donors (Lipinski definition) is 0. The molecule has 0 N–H and O–H groups in total. The normalized spacial score (nSPS) is 12.6. The molecule has 0 aliphatic heterocycles. The average Bonchev–Trinajstić information content (AvgIpc) is 2.78. The number of rotatable bonds is 4. The van der Waals surface area contributed by atoms with Crippen LogP contribution in [0.2, 0.25) is 0 Å². The maximum absolute atomic E-state index is 6.13. The van der Waals surface area contributed by atoms with E-state index in [9.17, 15) is 0 Å². The number of hydrogen-bond acceptors (Lipinski definition) is 4. The van der Waals surface area contributed by atoms with Gasteiger partial charge in [0.2, 0.25) is 0 Å². The van der Waals surface area contributed by atoms with Crippen molar-refractivity contribution in [3.8, 4) is 11.5 Å². The predicted molar refractivity (Wildman–Crippen MR) is 68.7 cm³/mol. The fourth-order valence-corrected chi connectivity index (χ4v) is 2.06. The predicted octanol–water partition coefficient (Wildman–Crippen LogP) is 3.97. The maximum atomic E-state index is 6.13. The van der Waals surface area contributed by atoms with Gasteiger partial charge in [0.15, 0.2) is 5.82 Å². The molecule has 2 aromatic heterocycles. The van der Waals surface area contributed by atoms with E-state index in [1.54, 1.807) is 12.4 Å². The van der Waals surface area contributed by atoms with E-state index in [1.165, 1.54) is 0 Å². The lowest BCUT2D eigenvalue weighted by Gasteiger charge is -1.99. The van der Waals surface area contributed by atoms with Crippen molar-refractivity contribution in [2.24, 2.45) is 0 Å². The molecule has 1 atom stereocenters. The Morgan fingerprint density at radius 1 is 1.47 bits per heavy atom. The molecule has 1 unspecified atom stereocenters. The molecule has 0 aliphatic rings. The summed E-state index contributed by atoms with van der Waals surface area (Å²) in [5.74, 6) is 0.971. The van der Waals surface area contributed by atoms with Crippen LogP contribution in [0.25, 0.3) is 11.5 Å². The molecule has 0 saturated carbocycles. The molecule has 2 heterocycles. The van der Waals surface area contributed by atoms with E-state index in [4.69, 9.17) is 16.1 Å². The van der Waals surface area contributed by atoms with E-state index < -0.39 is 0 Å². The van der Waals surface area contributed by atoms with E-state index in [-0.39, 0.29) is 5.38 Å². The van der Waals surface area contributed by atoms with Crippen LogP contribution in [0.5, 0.6) is 0 Å². The summed E-state index contributed by atoms with van der Waals surface area (Å²) in [5, 5.41) is 3.68. The minimum absolute atomic E-state index is 0.197. The van der Waals surface area contributed by atoms with Gasteiger partial charge in [0.25, 0.3) is 5.89 Å². The minimum Gasteiger partial charge on any atom is -0.334 e. The van der Waals surface area contributed by atoms with Crippen LogP contribution < -0.4 is 0 Å². The molecule has 17 heavy (non-hydrogen) atoms. The Morgan fingerprint density at radius 2 is 2.29 bits per heavy atom. The first-order valence-corrected chi connectivity index (χ1v) is 6.52. The molecule has 90 valence electrons. The van der Waals surface area contributed by atoms with Crippen molar-refractivity contribution >= 4 is 27.5 Å². The van der Waals surface area contributed by atoms with Crippen molar-refractivity contribution in [3.05, 3.63) is 28.8 Å². The average molecular weight is 317 g/mol. The van der Waals surface area contributed by atoms with Gasteiger partial charge in [0.05, 0.1) is 10.9 Å². The topological polar surface area (TPSA) is 51.8 Å². The second kappa shape index (κ2) is 5.60. The van der Waals surface area contributed by atoms with Gasteiger partial charge in [-0.3, -0.25) is 4.98 Å². The van der Waals surface area contributed by atoms with Crippen LogP contribution in [0.4, 0.5) is 0 Å². The van der Waals surface area contributed by atoms with Gasteiger partial charge in [-0.2, -0.15) is 4.98 Å². The summed E-state index contributed by atoms with van der Waals surface area (Å²) >= 11 is 9.47. The Kier molecular flexibility index (Phi) is 4.12. The summed E-state index contributed by atoms with van der Waals surface area (Å²) in [4.78, 5) is 8.31. The molecule has 0 radical (unpaired) electrons. The van der Waals surface area contributed by atoms with Crippen molar-refractivity contribution in [1.82, 2.24) is 15.1 Å². The summed E-state index contributed by atoms with van der Waals surface area (Å²) < 4.78 is 6.03. The molecule has 0 aliphatic carbocycles. The summed E-state index contributed by atoms with van der Waals surface area (Å²) in [5.41, 5.74) is 0.776. The summed E-state index contributed by atoms with van der Waals surface area (Å²) in [6, 6.07) is 1.87. The van der Waals surface area contributed by atoms with Gasteiger partial charge in [-0.05, 0) is 28.4 Å². The molecule has 4 nitrogen and oxygen atoms in total. The largest absolute Gasteiger partial charge is 0.334 e. The summed E-state index contributed by atoms with van der Waals surface area (Å²) in [7, 11) is 0. The lowest BCUT2D eigenvalue weighted by atomic mass is 10.2. The molecule has 0 aromatic carbocycles. The maximum Gasteiger partial charge on any atom is 0.259 e. The second-order valence-corrected chi connectivity index (χ2v) is 5.05. The van der Waals surface area contributed by atoms with E-state index in [1.807, 2.05) is 6.07 Å². The molecule has 0 fully saturated rings. The van der Waals surface area contributed by atoms with Crippen molar-refractivity contribution in [3.63, 3.8) is 0 Å². The fraction of sp³-hybridized carbons (Fsp3) is 0.364. The highest BCUT2D eigenvalue weighted by Crippen LogP contribution is 2.26. The van der Waals surface area contributed by atoms with E-state index in [0.717, 1.165) is 22.9 Å². The molecular formula is C11H11BrClN3O. The highest BCUT2D eigenvalue weighted by atomic mass is 79.9. The van der Waals surface area contributed by atoms with Crippen LogP contribution in [-0.4, -0.2) is 15.1 Å². The highest BCUT2D eigenvalue weighted by Gasteiger charge is 2.16. The van der Waals surface area contributed by atoms with Gasteiger partial charge in [-0.25, -0.2) is 0 Å². The lowest BCUT2D eigenvalue weighted by Crippen LogP contribution is -1.92. The number of aromatic nitrogens is 3. The molecule has 2 aromatic rings. The van der Waals surface area contributed by atoms with E-state index in [2.05, 4.69) is 38.0 Å². The highest BCUT2D eigenvalue weighted by molar-refractivity contribution is 9.10. The third-order valence-corrected chi connectivity index (χ3v) is 3.06. The second-order valence-electron chi connectivity index (χ2n) is 3.61. The SMILES string of the molecule is CCCC(Cl)c1noc(-c2cncc(Br)c2)n1. The molecule has 0 bridgehead atoms.